The maximum atomic E-state index is 12.2. The highest BCUT2D eigenvalue weighted by Gasteiger charge is 2.31. The summed E-state index contributed by atoms with van der Waals surface area (Å²) in [5, 5.41) is 0. The van der Waals surface area contributed by atoms with E-state index in [9.17, 15) is 8.42 Å². The monoisotopic (exact) mass is 264 g/mol. The smallest absolute Gasteiger partial charge is 0.264 e. The Balaban J connectivity index is 2.17. The number of rotatable bonds is 1. The van der Waals surface area contributed by atoms with Gasteiger partial charge in [-0.3, -0.25) is 4.31 Å². The van der Waals surface area contributed by atoms with Crippen LogP contribution >= 0.6 is 0 Å². The number of fused-ring (bicyclic) bond motifs is 1. The van der Waals surface area contributed by atoms with Crippen LogP contribution in [0.5, 0.6) is 0 Å². The molecule has 0 spiro atoms. The third-order valence-corrected chi connectivity index (χ3v) is 5.35. The zero-order valence-corrected chi connectivity index (χ0v) is 11.2. The van der Waals surface area contributed by atoms with Crippen LogP contribution in [0.3, 0.4) is 0 Å². The first kappa shape index (κ1) is 11.6. The molecule has 0 aromatic heterocycles. The van der Waals surface area contributed by atoms with E-state index in [0.29, 0.717) is 4.90 Å². The minimum absolute atomic E-state index is 0.414. The average Bonchev–Trinajstić information content (AvgIpc) is 2.88. The second-order valence-corrected chi connectivity index (χ2v) is 6.69. The van der Waals surface area contributed by atoms with Gasteiger partial charge < -0.3 is 4.90 Å². The maximum absolute atomic E-state index is 12.2. The number of likely N-dealkylation sites (tertiary alicyclic amines) is 1. The van der Waals surface area contributed by atoms with Gasteiger partial charge in [0.25, 0.3) is 10.0 Å². The van der Waals surface area contributed by atoms with Crippen molar-refractivity contribution in [3.05, 3.63) is 36.0 Å². The maximum Gasteiger partial charge on any atom is 0.264 e. The summed E-state index contributed by atoms with van der Waals surface area (Å²) in [7, 11) is -1.75. The summed E-state index contributed by atoms with van der Waals surface area (Å²) in [6, 6.07) is 7.25. The van der Waals surface area contributed by atoms with Crippen LogP contribution in [-0.2, 0) is 10.0 Å². The molecule has 1 saturated heterocycles. The Morgan fingerprint density at radius 2 is 1.78 bits per heavy atom. The van der Waals surface area contributed by atoms with Gasteiger partial charge in [0.05, 0.1) is 10.6 Å². The molecule has 3 rings (SSSR count). The van der Waals surface area contributed by atoms with Crippen LogP contribution in [-0.4, -0.2) is 37.8 Å². The number of nitrogens with zero attached hydrogens (tertiary/aromatic N) is 2. The number of hydrogen-bond acceptors (Lipinski definition) is 3. The average molecular weight is 264 g/mol. The lowest BCUT2D eigenvalue weighted by Crippen LogP contribution is -2.31. The van der Waals surface area contributed by atoms with Crippen LogP contribution in [0.4, 0.5) is 0 Å². The third-order valence-electron chi connectivity index (χ3n) is 3.57. The second kappa shape index (κ2) is 4.02. The molecule has 1 aromatic carbocycles. The predicted molar refractivity (Wildman–Crippen MR) is 70.2 cm³/mol. The van der Waals surface area contributed by atoms with Gasteiger partial charge >= 0.3 is 0 Å². The Labute approximate surface area is 108 Å². The van der Waals surface area contributed by atoms with Crippen molar-refractivity contribution in [2.24, 2.45) is 0 Å². The van der Waals surface area contributed by atoms with E-state index in [1.54, 1.807) is 25.4 Å². The van der Waals surface area contributed by atoms with E-state index >= 15 is 0 Å². The highest BCUT2D eigenvalue weighted by Crippen LogP contribution is 2.34. The Morgan fingerprint density at radius 1 is 1.11 bits per heavy atom. The molecule has 96 valence electrons. The molecule has 0 atom stereocenters. The summed E-state index contributed by atoms with van der Waals surface area (Å²) < 4.78 is 25.8. The van der Waals surface area contributed by atoms with E-state index in [-0.39, 0.29) is 0 Å². The van der Waals surface area contributed by atoms with Gasteiger partial charge in [-0.25, -0.2) is 8.42 Å². The molecule has 0 saturated carbocycles. The standard InChI is InChI=1S/C13H16N2O2S/c1-14-10-12(15-8-4-5-9-15)11-6-2-3-7-13(11)18(14,16)17/h2-3,6-7,10H,4-5,8-9H2,1H3. The number of hydrogen-bond donors (Lipinski definition) is 0. The Hall–Kier alpha value is -1.49. The highest BCUT2D eigenvalue weighted by atomic mass is 32.2. The second-order valence-electron chi connectivity index (χ2n) is 4.73. The van der Waals surface area contributed by atoms with Gasteiger partial charge in [0.1, 0.15) is 0 Å². The van der Waals surface area contributed by atoms with Gasteiger partial charge in [0, 0.05) is 31.9 Å². The van der Waals surface area contributed by atoms with Crippen molar-refractivity contribution in [3.63, 3.8) is 0 Å². The fourth-order valence-electron chi connectivity index (χ4n) is 2.58. The molecule has 0 aliphatic carbocycles. The molecule has 5 heteroatoms. The Bertz CT molecular complexity index is 601. The molecule has 1 aromatic rings. The van der Waals surface area contributed by atoms with Crippen molar-refractivity contribution in [3.8, 4) is 0 Å². The molecule has 2 aliphatic rings. The molecule has 18 heavy (non-hydrogen) atoms. The van der Waals surface area contributed by atoms with E-state index in [1.165, 1.54) is 17.1 Å². The molecule has 4 nitrogen and oxygen atoms in total. The lowest BCUT2D eigenvalue weighted by molar-refractivity contribution is 0.474. The molecule has 0 radical (unpaired) electrons. The van der Waals surface area contributed by atoms with Gasteiger partial charge in [-0.1, -0.05) is 18.2 Å². The SMILES string of the molecule is CN1C=C(N2CCCC2)c2ccccc2S1(=O)=O. The summed E-state index contributed by atoms with van der Waals surface area (Å²) in [4.78, 5) is 2.68. The molecular formula is C13H16N2O2S. The first-order valence-corrected chi connectivity index (χ1v) is 7.59. The van der Waals surface area contributed by atoms with Crippen LogP contribution in [0.25, 0.3) is 5.70 Å². The van der Waals surface area contributed by atoms with Crippen molar-refractivity contribution in [1.82, 2.24) is 9.21 Å². The van der Waals surface area contributed by atoms with Gasteiger partial charge in [-0.05, 0) is 18.9 Å². The summed E-state index contributed by atoms with van der Waals surface area (Å²) in [5.74, 6) is 0. The first-order valence-electron chi connectivity index (χ1n) is 6.15. The van der Waals surface area contributed by atoms with Crippen LogP contribution in [0.15, 0.2) is 35.4 Å². The van der Waals surface area contributed by atoms with Crippen molar-refractivity contribution in [2.75, 3.05) is 20.1 Å². The van der Waals surface area contributed by atoms with E-state index in [2.05, 4.69) is 4.90 Å². The first-order chi connectivity index (χ1) is 8.60. The van der Waals surface area contributed by atoms with E-state index in [4.69, 9.17) is 0 Å². The number of benzene rings is 1. The quantitative estimate of drug-likeness (QED) is 0.775. The van der Waals surface area contributed by atoms with Crippen molar-refractivity contribution in [1.29, 1.82) is 0 Å². The van der Waals surface area contributed by atoms with Crippen molar-refractivity contribution < 1.29 is 8.42 Å². The molecule has 0 unspecified atom stereocenters. The van der Waals surface area contributed by atoms with Crippen LogP contribution in [0, 0.1) is 0 Å². The van der Waals surface area contributed by atoms with Crippen LogP contribution in [0.1, 0.15) is 18.4 Å². The topological polar surface area (TPSA) is 40.6 Å². The minimum Gasteiger partial charge on any atom is -0.370 e. The van der Waals surface area contributed by atoms with Crippen LogP contribution < -0.4 is 0 Å². The van der Waals surface area contributed by atoms with Gasteiger partial charge in [0.15, 0.2) is 0 Å². The normalized spacial score (nSPS) is 21.7. The van der Waals surface area contributed by atoms with Crippen molar-refractivity contribution >= 4 is 15.7 Å². The fourth-order valence-corrected chi connectivity index (χ4v) is 3.83. The molecular weight excluding hydrogens is 248 g/mol. The number of sulfonamides is 1. The zero-order chi connectivity index (χ0) is 12.8. The van der Waals surface area contributed by atoms with E-state index in [1.807, 2.05) is 12.1 Å². The molecule has 1 fully saturated rings. The van der Waals surface area contributed by atoms with E-state index < -0.39 is 10.0 Å². The highest BCUT2D eigenvalue weighted by molar-refractivity contribution is 7.89. The summed E-state index contributed by atoms with van der Waals surface area (Å²) in [6.07, 6.45) is 4.09. The van der Waals surface area contributed by atoms with Crippen molar-refractivity contribution in [2.45, 2.75) is 17.7 Å². The summed E-state index contributed by atoms with van der Waals surface area (Å²) in [6.45, 7) is 2.02. The minimum atomic E-state index is -3.35. The predicted octanol–water partition coefficient (Wildman–Crippen LogP) is 1.71. The Morgan fingerprint density at radius 3 is 2.50 bits per heavy atom. The molecule has 0 bridgehead atoms. The lowest BCUT2D eigenvalue weighted by atomic mass is 10.1. The zero-order valence-electron chi connectivity index (χ0n) is 10.3. The summed E-state index contributed by atoms with van der Waals surface area (Å²) in [5.41, 5.74) is 1.86. The molecule has 2 heterocycles. The third kappa shape index (κ3) is 1.61. The fraction of sp³-hybridized carbons (Fsp3) is 0.385. The van der Waals surface area contributed by atoms with Crippen LogP contribution in [0.2, 0.25) is 0 Å². The largest absolute Gasteiger partial charge is 0.370 e. The molecule has 0 N–H and O–H groups in total. The summed E-state index contributed by atoms with van der Waals surface area (Å²) >= 11 is 0. The van der Waals surface area contributed by atoms with Gasteiger partial charge in [-0.2, -0.15) is 0 Å². The molecule has 2 aliphatic heterocycles. The Kier molecular flexibility index (Phi) is 2.59. The van der Waals surface area contributed by atoms with E-state index in [0.717, 1.165) is 24.4 Å². The lowest BCUT2D eigenvalue weighted by Gasteiger charge is -2.30. The van der Waals surface area contributed by atoms with Gasteiger partial charge in [0.2, 0.25) is 0 Å². The molecule has 0 amide bonds. The van der Waals surface area contributed by atoms with Gasteiger partial charge in [-0.15, -0.1) is 0 Å².